The highest BCUT2D eigenvalue weighted by Gasteiger charge is 2.36. The quantitative estimate of drug-likeness (QED) is 0.446. The van der Waals surface area contributed by atoms with E-state index in [9.17, 15) is 9.59 Å². The lowest BCUT2D eigenvalue weighted by atomic mass is 10.0. The van der Waals surface area contributed by atoms with Crippen LogP contribution >= 0.6 is 0 Å². The van der Waals surface area contributed by atoms with Crippen LogP contribution in [-0.4, -0.2) is 29.2 Å². The van der Waals surface area contributed by atoms with Crippen LogP contribution in [0, 0.1) is 5.92 Å². The van der Waals surface area contributed by atoms with Crippen molar-refractivity contribution in [1.29, 1.82) is 0 Å². The van der Waals surface area contributed by atoms with Crippen LogP contribution in [0.4, 0.5) is 4.79 Å². The number of carbonyl (C=O) groups excluding carboxylic acids is 2. The van der Waals surface area contributed by atoms with Crippen molar-refractivity contribution in [3.63, 3.8) is 0 Å². The van der Waals surface area contributed by atoms with Gasteiger partial charge in [0.25, 0.3) is 5.84 Å². The SMILES string of the molecule is NC(=[NH2+])[C@@H]1CN(Cc2ccccc2)C(=O)NC1=O. The molecule has 18 heavy (non-hydrogen) atoms. The first-order chi connectivity index (χ1) is 8.58. The Morgan fingerprint density at radius 1 is 1.39 bits per heavy atom. The Morgan fingerprint density at radius 2 is 2.06 bits per heavy atom. The number of imide groups is 1. The summed E-state index contributed by atoms with van der Waals surface area (Å²) in [6, 6.07) is 9.09. The van der Waals surface area contributed by atoms with Gasteiger partial charge in [0, 0.05) is 13.1 Å². The predicted molar refractivity (Wildman–Crippen MR) is 65.0 cm³/mol. The van der Waals surface area contributed by atoms with Crippen molar-refractivity contribution >= 4 is 17.8 Å². The number of urea groups is 1. The number of nitrogens with zero attached hydrogens (tertiary/aromatic N) is 1. The first-order valence-electron chi connectivity index (χ1n) is 5.59. The summed E-state index contributed by atoms with van der Waals surface area (Å²) in [7, 11) is 0. The highest BCUT2D eigenvalue weighted by atomic mass is 16.2. The molecule has 0 spiro atoms. The number of benzene rings is 1. The average molecular weight is 247 g/mol. The van der Waals surface area contributed by atoms with Gasteiger partial charge in [-0.05, 0) is 5.56 Å². The molecule has 1 heterocycles. The zero-order valence-electron chi connectivity index (χ0n) is 9.80. The second kappa shape index (κ2) is 4.87. The summed E-state index contributed by atoms with van der Waals surface area (Å²) in [4.78, 5) is 24.7. The highest BCUT2D eigenvalue weighted by Crippen LogP contribution is 2.11. The molecule has 6 heteroatoms. The van der Waals surface area contributed by atoms with E-state index in [2.05, 4.69) is 5.32 Å². The fourth-order valence-electron chi connectivity index (χ4n) is 1.85. The maximum Gasteiger partial charge on any atom is 0.324 e. The van der Waals surface area contributed by atoms with E-state index in [1.54, 1.807) is 0 Å². The van der Waals surface area contributed by atoms with Crippen LogP contribution in [0.25, 0.3) is 0 Å². The van der Waals surface area contributed by atoms with Gasteiger partial charge in [-0.25, -0.2) is 4.79 Å². The number of rotatable bonds is 3. The summed E-state index contributed by atoms with van der Waals surface area (Å²) in [5, 5.41) is 7.70. The minimum Gasteiger partial charge on any atom is -0.319 e. The molecule has 1 atom stereocenters. The monoisotopic (exact) mass is 247 g/mol. The molecule has 0 unspecified atom stereocenters. The zero-order chi connectivity index (χ0) is 13.1. The van der Waals surface area contributed by atoms with E-state index in [0.717, 1.165) is 5.56 Å². The van der Waals surface area contributed by atoms with Crippen molar-refractivity contribution in [2.75, 3.05) is 6.54 Å². The normalized spacial score (nSPS) is 19.6. The number of amides is 3. The van der Waals surface area contributed by atoms with Crippen LogP contribution in [0.2, 0.25) is 0 Å². The van der Waals surface area contributed by atoms with Crippen LogP contribution < -0.4 is 16.5 Å². The Bertz CT molecular complexity index is 486. The van der Waals surface area contributed by atoms with Crippen molar-refractivity contribution in [2.45, 2.75) is 6.54 Å². The third-order valence-corrected chi connectivity index (χ3v) is 2.86. The van der Waals surface area contributed by atoms with Crippen LogP contribution in [0.1, 0.15) is 5.56 Å². The fraction of sp³-hybridized carbons (Fsp3) is 0.250. The van der Waals surface area contributed by atoms with Crippen LogP contribution in [0.3, 0.4) is 0 Å². The van der Waals surface area contributed by atoms with Gasteiger partial charge in [0.2, 0.25) is 5.91 Å². The molecule has 1 aromatic carbocycles. The summed E-state index contributed by atoms with van der Waals surface area (Å²) in [5.74, 6) is -1.06. The molecule has 1 aromatic rings. The minimum absolute atomic E-state index is 0.0260. The Morgan fingerprint density at radius 3 is 2.67 bits per heavy atom. The number of hydrogen-bond acceptors (Lipinski definition) is 2. The minimum atomic E-state index is -0.647. The van der Waals surface area contributed by atoms with Gasteiger partial charge in [0.1, 0.15) is 0 Å². The second-order valence-electron chi connectivity index (χ2n) is 4.21. The van der Waals surface area contributed by atoms with Crippen molar-refractivity contribution in [1.82, 2.24) is 10.2 Å². The molecule has 94 valence electrons. The van der Waals surface area contributed by atoms with Gasteiger partial charge in [0.15, 0.2) is 5.92 Å². The summed E-state index contributed by atoms with van der Waals surface area (Å²) in [6.07, 6.45) is 0. The van der Waals surface area contributed by atoms with E-state index < -0.39 is 17.9 Å². The standard InChI is InChI=1S/C12H14N4O2/c13-10(14)9-7-16(12(18)15-11(9)17)6-8-4-2-1-3-5-8/h1-5,9H,6-7H2,(H3,13,14)(H,15,17,18)/p+1/t9-/m0/s1. The lowest BCUT2D eigenvalue weighted by Gasteiger charge is -2.30. The van der Waals surface area contributed by atoms with Gasteiger partial charge in [-0.3, -0.25) is 21.3 Å². The van der Waals surface area contributed by atoms with E-state index >= 15 is 0 Å². The Balaban J connectivity index is 2.10. The average Bonchev–Trinajstić information content (AvgIpc) is 2.33. The van der Waals surface area contributed by atoms with E-state index in [1.807, 2.05) is 30.3 Å². The van der Waals surface area contributed by atoms with Crippen molar-refractivity contribution in [3.05, 3.63) is 35.9 Å². The van der Waals surface area contributed by atoms with Gasteiger partial charge >= 0.3 is 6.03 Å². The maximum absolute atomic E-state index is 11.7. The Kier molecular flexibility index (Phi) is 3.27. The smallest absolute Gasteiger partial charge is 0.319 e. The lowest BCUT2D eigenvalue weighted by Crippen LogP contribution is -2.63. The van der Waals surface area contributed by atoms with E-state index in [4.69, 9.17) is 11.1 Å². The van der Waals surface area contributed by atoms with Gasteiger partial charge in [0.05, 0.1) is 0 Å². The van der Waals surface area contributed by atoms with Gasteiger partial charge in [-0.2, -0.15) is 0 Å². The Hall–Kier alpha value is -2.37. The molecular formula is C12H15N4O2+. The molecule has 0 bridgehead atoms. The Labute approximate surface area is 104 Å². The molecule has 0 aromatic heterocycles. The summed E-state index contributed by atoms with van der Waals surface area (Å²) in [6.45, 7) is 0.631. The third-order valence-electron chi connectivity index (χ3n) is 2.86. The topological polar surface area (TPSA) is 101 Å². The van der Waals surface area contributed by atoms with Crippen molar-refractivity contribution in [3.8, 4) is 0 Å². The van der Waals surface area contributed by atoms with Crippen molar-refractivity contribution < 1.29 is 15.0 Å². The van der Waals surface area contributed by atoms with E-state index in [1.165, 1.54) is 4.90 Å². The summed E-state index contributed by atoms with van der Waals surface area (Å²) < 4.78 is 0. The second-order valence-corrected chi connectivity index (χ2v) is 4.21. The first kappa shape index (κ1) is 12.1. The molecule has 1 saturated heterocycles. The van der Waals surface area contributed by atoms with Crippen LogP contribution in [0.5, 0.6) is 0 Å². The largest absolute Gasteiger partial charge is 0.324 e. The van der Waals surface area contributed by atoms with Crippen LogP contribution in [-0.2, 0) is 11.3 Å². The van der Waals surface area contributed by atoms with E-state index in [0.29, 0.717) is 6.54 Å². The molecule has 5 N–H and O–H groups in total. The van der Waals surface area contributed by atoms with Gasteiger partial charge < -0.3 is 4.90 Å². The lowest BCUT2D eigenvalue weighted by molar-refractivity contribution is -0.134. The third kappa shape index (κ3) is 2.48. The number of amidine groups is 1. The molecule has 0 radical (unpaired) electrons. The van der Waals surface area contributed by atoms with E-state index in [-0.39, 0.29) is 12.4 Å². The molecule has 3 amide bonds. The number of carbonyl (C=O) groups is 2. The van der Waals surface area contributed by atoms with Gasteiger partial charge in [-0.15, -0.1) is 0 Å². The highest BCUT2D eigenvalue weighted by molar-refractivity contribution is 6.08. The number of nitrogens with one attached hydrogen (secondary N) is 1. The summed E-state index contributed by atoms with van der Waals surface area (Å²) >= 11 is 0. The summed E-state index contributed by atoms with van der Waals surface area (Å²) in [5.41, 5.74) is 6.44. The maximum atomic E-state index is 11.7. The molecule has 2 rings (SSSR count). The first-order valence-corrected chi connectivity index (χ1v) is 5.59. The molecular weight excluding hydrogens is 232 g/mol. The molecule has 0 saturated carbocycles. The zero-order valence-corrected chi connectivity index (χ0v) is 9.80. The van der Waals surface area contributed by atoms with Gasteiger partial charge in [-0.1, -0.05) is 30.3 Å². The number of nitrogens with two attached hydrogens (primary N) is 2. The molecule has 1 aliphatic rings. The van der Waals surface area contributed by atoms with Crippen molar-refractivity contribution in [2.24, 2.45) is 11.7 Å². The predicted octanol–water partition coefficient (Wildman–Crippen LogP) is -1.53. The molecule has 0 aliphatic carbocycles. The molecule has 1 aliphatic heterocycles. The number of hydrogen-bond donors (Lipinski definition) is 3. The fourth-order valence-corrected chi connectivity index (χ4v) is 1.85. The molecule has 6 nitrogen and oxygen atoms in total. The van der Waals surface area contributed by atoms with Crippen LogP contribution in [0.15, 0.2) is 30.3 Å². The molecule has 1 fully saturated rings.